The molecule has 0 N–H and O–H groups in total. The van der Waals surface area contributed by atoms with Crippen LogP contribution in [0.15, 0.2) is 53.9 Å². The molecule has 3 aromatic rings. The smallest absolute Gasteiger partial charge is 0.233 e. The van der Waals surface area contributed by atoms with Crippen LogP contribution in [-0.4, -0.2) is 68.8 Å². The number of aromatic nitrogens is 4. The van der Waals surface area contributed by atoms with Gasteiger partial charge in [-0.15, -0.1) is 10.2 Å². The zero-order valence-electron chi connectivity index (χ0n) is 18.0. The minimum Gasteiger partial charge on any atom is -0.338 e. The number of hydrogen-bond donors (Lipinski definition) is 0. The minimum absolute atomic E-state index is 0.0434. The van der Waals surface area contributed by atoms with Crippen molar-refractivity contribution in [3.8, 4) is 17.1 Å². The van der Waals surface area contributed by atoms with Crippen molar-refractivity contribution in [1.29, 1.82) is 0 Å². The van der Waals surface area contributed by atoms with Crippen molar-refractivity contribution in [2.24, 2.45) is 0 Å². The van der Waals surface area contributed by atoms with E-state index in [-0.39, 0.29) is 29.2 Å². The number of para-hydroxylation sites is 1. The van der Waals surface area contributed by atoms with E-state index in [0.717, 1.165) is 16.8 Å². The predicted molar refractivity (Wildman–Crippen MR) is 124 cm³/mol. The Balaban J connectivity index is 1.61. The second kappa shape index (κ2) is 9.41. The summed E-state index contributed by atoms with van der Waals surface area (Å²) < 4.78 is 25.7. The number of hydrogen-bond acceptors (Lipinski definition) is 7. The van der Waals surface area contributed by atoms with E-state index in [9.17, 15) is 13.2 Å². The fraction of sp³-hybridized carbons (Fsp3) is 0.364. The highest BCUT2D eigenvalue weighted by Crippen LogP contribution is 2.29. The monoisotopic (exact) mass is 471 g/mol. The topological polar surface area (TPSA) is 98.1 Å². The standard InChI is InChI=1S/C22H25N5O3S2/c1-3-26(18-10-12-32(29,30)15-18)20(28)14-31-22-25-24-21(17-8-6-11-23-13-17)27(22)19-9-5-4-7-16(19)2/h4-9,11,13,18H,3,10,12,14-15H2,1-2H3/t18-/m0/s1. The van der Waals surface area contributed by atoms with Crippen LogP contribution in [0.1, 0.15) is 18.9 Å². The van der Waals surface area contributed by atoms with Gasteiger partial charge in [-0.2, -0.15) is 0 Å². The van der Waals surface area contributed by atoms with Gasteiger partial charge in [0.25, 0.3) is 0 Å². The van der Waals surface area contributed by atoms with Gasteiger partial charge in [0.1, 0.15) is 0 Å². The third kappa shape index (κ3) is 4.71. The molecule has 1 aliphatic rings. The van der Waals surface area contributed by atoms with E-state index < -0.39 is 9.84 Å². The van der Waals surface area contributed by atoms with Crippen molar-refractivity contribution in [3.63, 3.8) is 0 Å². The highest BCUT2D eigenvalue weighted by atomic mass is 32.2. The van der Waals surface area contributed by atoms with Crippen molar-refractivity contribution in [2.75, 3.05) is 23.8 Å². The van der Waals surface area contributed by atoms with Crippen LogP contribution in [0, 0.1) is 6.92 Å². The molecule has 4 rings (SSSR count). The summed E-state index contributed by atoms with van der Waals surface area (Å²) in [6.07, 6.45) is 3.93. The van der Waals surface area contributed by atoms with E-state index in [2.05, 4.69) is 15.2 Å². The van der Waals surface area contributed by atoms with Gasteiger partial charge >= 0.3 is 0 Å². The van der Waals surface area contributed by atoms with Crippen molar-refractivity contribution >= 4 is 27.5 Å². The molecule has 1 aliphatic heterocycles. The molecule has 0 bridgehead atoms. The number of nitrogens with zero attached hydrogens (tertiary/aromatic N) is 5. The summed E-state index contributed by atoms with van der Waals surface area (Å²) in [6.45, 7) is 4.37. The Hall–Kier alpha value is -2.72. The lowest BCUT2D eigenvalue weighted by Crippen LogP contribution is -2.42. The molecule has 8 nitrogen and oxygen atoms in total. The highest BCUT2D eigenvalue weighted by Gasteiger charge is 2.34. The number of thioether (sulfide) groups is 1. The van der Waals surface area contributed by atoms with Gasteiger partial charge in [-0.05, 0) is 44.0 Å². The number of benzene rings is 1. The summed E-state index contributed by atoms with van der Waals surface area (Å²) in [5.74, 6) is 0.895. The zero-order valence-corrected chi connectivity index (χ0v) is 19.6. The molecular weight excluding hydrogens is 446 g/mol. The molecule has 1 aromatic carbocycles. The van der Waals surface area contributed by atoms with Gasteiger partial charge in [-0.3, -0.25) is 14.3 Å². The minimum atomic E-state index is -3.06. The molecular formula is C22H25N5O3S2. The van der Waals surface area contributed by atoms with Gasteiger partial charge < -0.3 is 4.90 Å². The quantitative estimate of drug-likeness (QED) is 0.489. The van der Waals surface area contributed by atoms with Crippen LogP contribution in [0.25, 0.3) is 17.1 Å². The van der Waals surface area contributed by atoms with Gasteiger partial charge in [0, 0.05) is 30.5 Å². The molecule has 168 valence electrons. The van der Waals surface area contributed by atoms with Crippen LogP contribution < -0.4 is 0 Å². The van der Waals surface area contributed by atoms with Crippen molar-refractivity contribution in [2.45, 2.75) is 31.5 Å². The number of sulfone groups is 1. The summed E-state index contributed by atoms with van der Waals surface area (Å²) in [7, 11) is -3.06. The first kappa shape index (κ1) is 22.5. The Kier molecular flexibility index (Phi) is 6.61. The summed E-state index contributed by atoms with van der Waals surface area (Å²) in [5.41, 5.74) is 2.81. The van der Waals surface area contributed by atoms with Gasteiger partial charge in [0.05, 0.1) is 22.9 Å². The Morgan fingerprint density at radius 2 is 2.03 bits per heavy atom. The molecule has 1 saturated heterocycles. The molecule has 1 atom stereocenters. The highest BCUT2D eigenvalue weighted by molar-refractivity contribution is 7.99. The van der Waals surface area contributed by atoms with Gasteiger partial charge in [0.2, 0.25) is 5.91 Å². The van der Waals surface area contributed by atoms with Crippen LogP contribution in [0.4, 0.5) is 0 Å². The van der Waals surface area contributed by atoms with E-state index in [4.69, 9.17) is 0 Å². The molecule has 0 spiro atoms. The predicted octanol–water partition coefficient (Wildman–Crippen LogP) is 2.77. The van der Waals surface area contributed by atoms with Gasteiger partial charge in [-0.25, -0.2) is 8.42 Å². The summed E-state index contributed by atoms with van der Waals surface area (Å²) in [5, 5.41) is 9.36. The first-order valence-corrected chi connectivity index (χ1v) is 13.2. The first-order chi connectivity index (χ1) is 15.4. The molecule has 0 aliphatic carbocycles. The number of aryl methyl sites for hydroxylation is 1. The molecule has 10 heteroatoms. The Morgan fingerprint density at radius 1 is 1.22 bits per heavy atom. The van der Waals surface area contributed by atoms with Gasteiger partial charge in [0.15, 0.2) is 20.8 Å². The number of carbonyl (C=O) groups is 1. The third-order valence-corrected chi connectivity index (χ3v) is 8.21. The summed E-state index contributed by atoms with van der Waals surface area (Å²) in [6, 6.07) is 11.4. The molecule has 2 aromatic heterocycles. The average Bonchev–Trinajstić information content (AvgIpc) is 3.36. The fourth-order valence-corrected chi connectivity index (χ4v) is 6.51. The molecule has 3 heterocycles. The van der Waals surface area contributed by atoms with E-state index in [0.29, 0.717) is 23.9 Å². The zero-order chi connectivity index (χ0) is 22.7. The lowest BCUT2D eigenvalue weighted by molar-refractivity contribution is -0.129. The van der Waals surface area contributed by atoms with Crippen LogP contribution >= 0.6 is 11.8 Å². The van der Waals surface area contributed by atoms with E-state index in [1.165, 1.54) is 11.8 Å². The number of amides is 1. The van der Waals surface area contributed by atoms with Gasteiger partial charge in [-0.1, -0.05) is 30.0 Å². The maximum Gasteiger partial charge on any atom is 0.233 e. The lowest BCUT2D eigenvalue weighted by Gasteiger charge is -2.26. The molecule has 1 fully saturated rings. The first-order valence-electron chi connectivity index (χ1n) is 10.4. The largest absolute Gasteiger partial charge is 0.338 e. The second-order valence-corrected chi connectivity index (χ2v) is 10.9. The van der Waals surface area contributed by atoms with Crippen LogP contribution in [-0.2, 0) is 14.6 Å². The maximum absolute atomic E-state index is 13.0. The fourth-order valence-electron chi connectivity index (χ4n) is 3.95. The number of rotatable bonds is 7. The molecule has 0 saturated carbocycles. The molecule has 0 radical (unpaired) electrons. The Morgan fingerprint density at radius 3 is 2.69 bits per heavy atom. The summed E-state index contributed by atoms with van der Waals surface area (Å²) in [4.78, 5) is 18.8. The van der Waals surface area contributed by atoms with E-state index >= 15 is 0 Å². The van der Waals surface area contributed by atoms with Crippen molar-refractivity contribution in [3.05, 3.63) is 54.4 Å². The van der Waals surface area contributed by atoms with Crippen LogP contribution in [0.3, 0.4) is 0 Å². The number of pyridine rings is 1. The second-order valence-electron chi connectivity index (χ2n) is 7.70. The number of carbonyl (C=O) groups excluding carboxylic acids is 1. The van der Waals surface area contributed by atoms with Crippen molar-refractivity contribution < 1.29 is 13.2 Å². The van der Waals surface area contributed by atoms with E-state index in [1.54, 1.807) is 17.3 Å². The SMILES string of the molecule is CCN(C(=O)CSc1nnc(-c2cccnc2)n1-c1ccccc1C)[C@H]1CCS(=O)(=O)C1. The van der Waals surface area contributed by atoms with Crippen molar-refractivity contribution in [1.82, 2.24) is 24.6 Å². The Labute approximate surface area is 192 Å². The third-order valence-electron chi connectivity index (χ3n) is 5.54. The van der Waals surface area contributed by atoms with Crippen LogP contribution in [0.5, 0.6) is 0 Å². The lowest BCUT2D eigenvalue weighted by atomic mass is 10.2. The molecule has 32 heavy (non-hydrogen) atoms. The normalized spacial score (nSPS) is 17.4. The Bertz CT molecular complexity index is 1210. The van der Waals surface area contributed by atoms with Crippen LogP contribution in [0.2, 0.25) is 0 Å². The molecule has 0 unspecified atom stereocenters. The van der Waals surface area contributed by atoms with E-state index in [1.807, 2.05) is 54.8 Å². The maximum atomic E-state index is 13.0. The molecule has 1 amide bonds. The average molecular weight is 472 g/mol. The summed E-state index contributed by atoms with van der Waals surface area (Å²) >= 11 is 1.30.